The molecule has 20 heavy (non-hydrogen) atoms. The fourth-order valence-electron chi connectivity index (χ4n) is 1.73. The number of nitrogens with one attached hydrogen (secondary N) is 1. The van der Waals surface area contributed by atoms with Gasteiger partial charge >= 0.3 is 0 Å². The molecule has 0 fully saturated rings. The van der Waals surface area contributed by atoms with Crippen molar-refractivity contribution in [2.75, 3.05) is 5.32 Å². The van der Waals surface area contributed by atoms with Crippen LogP contribution in [0.3, 0.4) is 0 Å². The monoisotopic (exact) mass is 346 g/mol. The Hall–Kier alpha value is -1.79. The van der Waals surface area contributed by atoms with Crippen molar-refractivity contribution < 1.29 is 0 Å². The third-order valence-electron chi connectivity index (χ3n) is 2.71. The minimum Gasteiger partial charge on any atom is -0.350 e. The summed E-state index contributed by atoms with van der Waals surface area (Å²) in [5.41, 5.74) is 2.06. The summed E-state index contributed by atoms with van der Waals surface area (Å²) in [5, 5.41) is 5.26. The van der Waals surface area contributed by atoms with Crippen molar-refractivity contribution in [3.05, 3.63) is 58.3 Å². The topological polar surface area (TPSA) is 50.7 Å². The Morgan fingerprint density at radius 1 is 1.10 bits per heavy atom. The lowest BCUT2D eigenvalue weighted by atomic mass is 10.3. The molecule has 100 valence electrons. The molecule has 3 rings (SSSR count). The van der Waals surface area contributed by atoms with Crippen LogP contribution in [-0.4, -0.2) is 15.0 Å². The first-order valence-corrected chi connectivity index (χ1v) is 7.69. The van der Waals surface area contributed by atoms with Gasteiger partial charge in [-0.25, -0.2) is 9.97 Å². The zero-order chi connectivity index (χ0) is 13.8. The first kappa shape index (κ1) is 13.2. The van der Waals surface area contributed by atoms with E-state index in [2.05, 4.69) is 36.2 Å². The molecule has 6 heteroatoms. The number of anilines is 1. The molecule has 1 N–H and O–H groups in total. The third-order valence-corrected chi connectivity index (χ3v) is 4.57. The van der Waals surface area contributed by atoms with Crippen molar-refractivity contribution in [1.29, 1.82) is 0 Å². The van der Waals surface area contributed by atoms with Gasteiger partial charge in [0.1, 0.15) is 0 Å². The van der Waals surface area contributed by atoms with E-state index in [1.165, 1.54) is 0 Å². The van der Waals surface area contributed by atoms with Gasteiger partial charge in [0.2, 0.25) is 5.95 Å². The maximum Gasteiger partial charge on any atom is 0.223 e. The molecule has 4 nitrogen and oxygen atoms in total. The van der Waals surface area contributed by atoms with Crippen LogP contribution in [0.1, 0.15) is 5.56 Å². The Bertz CT molecular complexity index is 699. The number of pyridine rings is 1. The van der Waals surface area contributed by atoms with E-state index in [1.54, 1.807) is 29.9 Å². The molecular weight excluding hydrogens is 336 g/mol. The standard InChI is InChI=1S/C14H11BrN4S/c15-11-4-8-20-13(11)12-3-7-17-14(19-12)18-9-10-1-5-16-6-2-10/h1-8H,9H2,(H,17,18,19). The van der Waals surface area contributed by atoms with Crippen LogP contribution in [0, 0.1) is 0 Å². The average molecular weight is 347 g/mol. The minimum atomic E-state index is 0.625. The van der Waals surface area contributed by atoms with Crippen LogP contribution in [0.25, 0.3) is 10.6 Å². The molecule has 0 aromatic carbocycles. The Labute approximate surface area is 129 Å². The number of thiophene rings is 1. The molecule has 0 spiro atoms. The number of hydrogen-bond acceptors (Lipinski definition) is 5. The second-order valence-electron chi connectivity index (χ2n) is 4.07. The minimum absolute atomic E-state index is 0.625. The van der Waals surface area contributed by atoms with E-state index in [-0.39, 0.29) is 0 Å². The fraction of sp³-hybridized carbons (Fsp3) is 0.0714. The van der Waals surface area contributed by atoms with Gasteiger partial charge in [-0.2, -0.15) is 0 Å². The Balaban J connectivity index is 1.77. The van der Waals surface area contributed by atoms with Crippen molar-refractivity contribution in [3.8, 4) is 10.6 Å². The van der Waals surface area contributed by atoms with E-state index in [0.717, 1.165) is 20.6 Å². The molecule has 0 bridgehead atoms. The molecule has 0 saturated heterocycles. The summed E-state index contributed by atoms with van der Waals surface area (Å²) in [7, 11) is 0. The molecule has 0 aliphatic heterocycles. The first-order valence-electron chi connectivity index (χ1n) is 6.02. The lowest BCUT2D eigenvalue weighted by molar-refractivity contribution is 1.05. The highest BCUT2D eigenvalue weighted by Gasteiger charge is 2.07. The SMILES string of the molecule is Brc1ccsc1-c1ccnc(NCc2ccncc2)n1. The van der Waals surface area contributed by atoms with Crippen LogP contribution in [0.4, 0.5) is 5.95 Å². The summed E-state index contributed by atoms with van der Waals surface area (Å²) >= 11 is 5.18. The molecule has 3 aromatic heterocycles. The number of rotatable bonds is 4. The second-order valence-corrected chi connectivity index (χ2v) is 5.84. The summed E-state index contributed by atoms with van der Waals surface area (Å²) in [6.07, 6.45) is 5.32. The molecular formula is C14H11BrN4S. The smallest absolute Gasteiger partial charge is 0.223 e. The number of halogens is 1. The van der Waals surface area contributed by atoms with Gasteiger partial charge in [0.25, 0.3) is 0 Å². The zero-order valence-corrected chi connectivity index (χ0v) is 12.9. The Morgan fingerprint density at radius 2 is 1.95 bits per heavy atom. The Morgan fingerprint density at radius 3 is 2.70 bits per heavy atom. The van der Waals surface area contributed by atoms with Gasteiger partial charge in [0, 0.05) is 29.6 Å². The lowest BCUT2D eigenvalue weighted by Crippen LogP contribution is -2.03. The van der Waals surface area contributed by atoms with Crippen molar-refractivity contribution in [2.45, 2.75) is 6.54 Å². The fourth-order valence-corrected chi connectivity index (χ4v) is 3.27. The van der Waals surface area contributed by atoms with Crippen LogP contribution < -0.4 is 5.32 Å². The molecule has 0 saturated carbocycles. The molecule has 3 heterocycles. The van der Waals surface area contributed by atoms with E-state index in [4.69, 9.17) is 0 Å². The third kappa shape index (κ3) is 3.02. The van der Waals surface area contributed by atoms with E-state index in [9.17, 15) is 0 Å². The largest absolute Gasteiger partial charge is 0.350 e. The summed E-state index contributed by atoms with van der Waals surface area (Å²) in [5.74, 6) is 0.625. The van der Waals surface area contributed by atoms with E-state index >= 15 is 0 Å². The normalized spacial score (nSPS) is 10.4. The van der Waals surface area contributed by atoms with E-state index in [1.807, 2.05) is 29.6 Å². The van der Waals surface area contributed by atoms with Gasteiger partial charge < -0.3 is 5.32 Å². The quantitative estimate of drug-likeness (QED) is 0.776. The highest BCUT2D eigenvalue weighted by atomic mass is 79.9. The lowest BCUT2D eigenvalue weighted by Gasteiger charge is -2.06. The molecule has 0 unspecified atom stereocenters. The van der Waals surface area contributed by atoms with Gasteiger partial charge in [-0.3, -0.25) is 4.98 Å². The maximum atomic E-state index is 4.53. The summed E-state index contributed by atoms with van der Waals surface area (Å²) in [4.78, 5) is 13.9. The van der Waals surface area contributed by atoms with E-state index in [0.29, 0.717) is 12.5 Å². The highest BCUT2D eigenvalue weighted by Crippen LogP contribution is 2.32. The summed E-state index contributed by atoms with van der Waals surface area (Å²) in [6.45, 7) is 0.678. The highest BCUT2D eigenvalue weighted by molar-refractivity contribution is 9.10. The van der Waals surface area contributed by atoms with Gasteiger partial charge in [0.05, 0.1) is 10.6 Å². The number of aromatic nitrogens is 3. The van der Waals surface area contributed by atoms with Crippen molar-refractivity contribution in [1.82, 2.24) is 15.0 Å². The Kier molecular flexibility index (Phi) is 4.03. The second kappa shape index (κ2) is 6.11. The van der Waals surface area contributed by atoms with Crippen LogP contribution in [-0.2, 0) is 6.54 Å². The molecule has 0 atom stereocenters. The average Bonchev–Trinajstić information content (AvgIpc) is 2.93. The predicted octanol–water partition coefficient (Wildman–Crippen LogP) is 3.97. The molecule has 0 amide bonds. The van der Waals surface area contributed by atoms with Gasteiger partial charge in [-0.1, -0.05) is 0 Å². The molecule has 0 radical (unpaired) electrons. The van der Waals surface area contributed by atoms with Gasteiger partial charge in [-0.05, 0) is 51.1 Å². The number of hydrogen-bond donors (Lipinski definition) is 1. The van der Waals surface area contributed by atoms with Crippen LogP contribution in [0.2, 0.25) is 0 Å². The maximum absolute atomic E-state index is 4.53. The first-order chi connectivity index (χ1) is 9.83. The van der Waals surface area contributed by atoms with Gasteiger partial charge in [0.15, 0.2) is 0 Å². The van der Waals surface area contributed by atoms with Crippen LogP contribution in [0.5, 0.6) is 0 Å². The van der Waals surface area contributed by atoms with Crippen molar-refractivity contribution >= 4 is 33.2 Å². The van der Waals surface area contributed by atoms with Gasteiger partial charge in [-0.15, -0.1) is 11.3 Å². The predicted molar refractivity (Wildman–Crippen MR) is 84.6 cm³/mol. The van der Waals surface area contributed by atoms with Crippen LogP contribution >= 0.6 is 27.3 Å². The van der Waals surface area contributed by atoms with E-state index < -0.39 is 0 Å². The van der Waals surface area contributed by atoms with Crippen molar-refractivity contribution in [2.24, 2.45) is 0 Å². The molecule has 0 aliphatic carbocycles. The van der Waals surface area contributed by atoms with Crippen LogP contribution in [0.15, 0.2) is 52.7 Å². The summed E-state index contributed by atoms with van der Waals surface area (Å²) in [6, 6.07) is 7.86. The molecule has 3 aromatic rings. The zero-order valence-electron chi connectivity index (χ0n) is 10.5. The number of nitrogens with zero attached hydrogens (tertiary/aromatic N) is 3. The summed E-state index contributed by atoms with van der Waals surface area (Å²) < 4.78 is 1.06. The molecule has 0 aliphatic rings. The van der Waals surface area contributed by atoms with Crippen molar-refractivity contribution in [3.63, 3.8) is 0 Å².